The van der Waals surface area contributed by atoms with Gasteiger partial charge < -0.3 is 26.7 Å². The molecule has 0 saturated heterocycles. The van der Waals surface area contributed by atoms with E-state index in [1.165, 1.54) is 17.8 Å². The van der Waals surface area contributed by atoms with Crippen molar-refractivity contribution in [1.29, 1.82) is 0 Å². The van der Waals surface area contributed by atoms with Gasteiger partial charge in [-0.15, -0.1) is 0 Å². The van der Waals surface area contributed by atoms with Crippen LogP contribution < -0.4 is 16.8 Å². The minimum absolute atomic E-state index is 0.0508. The van der Waals surface area contributed by atoms with Crippen LogP contribution in [0.2, 0.25) is 0 Å². The molecule has 0 fully saturated rings. The van der Waals surface area contributed by atoms with Gasteiger partial charge in [0.2, 0.25) is 0 Å². The summed E-state index contributed by atoms with van der Waals surface area (Å²) in [6.07, 6.45) is 5.37. The highest BCUT2D eigenvalue weighted by Crippen LogP contribution is 2.27. The molecule has 2 aromatic rings. The van der Waals surface area contributed by atoms with Crippen LogP contribution in [0.4, 0.5) is 14.7 Å². The highest BCUT2D eigenvalue weighted by molar-refractivity contribution is 5.88. The number of aldehydes is 1. The summed E-state index contributed by atoms with van der Waals surface area (Å²) in [4.78, 5) is 32.9. The third kappa shape index (κ3) is 10.6. The molecule has 0 aliphatic heterocycles. The lowest BCUT2D eigenvalue weighted by Crippen LogP contribution is -2.19. The summed E-state index contributed by atoms with van der Waals surface area (Å²) in [5.74, 6) is -2.15. The number of aromatic nitrogens is 2. The molecule has 1 aromatic heterocycles. The van der Waals surface area contributed by atoms with Crippen molar-refractivity contribution in [3.8, 4) is 11.3 Å². The van der Waals surface area contributed by atoms with E-state index < -0.39 is 17.3 Å². The molecule has 34 heavy (non-hydrogen) atoms. The lowest BCUT2D eigenvalue weighted by atomic mass is 9.99. The van der Waals surface area contributed by atoms with Crippen molar-refractivity contribution in [2.75, 3.05) is 33.0 Å². The van der Waals surface area contributed by atoms with Gasteiger partial charge in [-0.05, 0) is 44.0 Å². The number of nitrogens with zero attached hydrogens (tertiary/aromatic N) is 2. The molecule has 0 amide bonds. The first kappa shape index (κ1) is 30.7. The minimum Gasteiger partial charge on any atom is -0.478 e. The van der Waals surface area contributed by atoms with Crippen molar-refractivity contribution in [3.63, 3.8) is 0 Å². The van der Waals surface area contributed by atoms with E-state index in [9.17, 15) is 18.5 Å². The average molecular weight is 482 g/mol. The van der Waals surface area contributed by atoms with Crippen LogP contribution in [0.15, 0.2) is 36.0 Å². The maximum Gasteiger partial charge on any atom is 0.338 e. The molecule has 1 atom stereocenters. The number of benzene rings is 1. The highest BCUT2D eigenvalue weighted by atomic mass is 19.3. The van der Waals surface area contributed by atoms with Gasteiger partial charge in [-0.25, -0.2) is 19.2 Å². The molecular formula is C23H33F2N5O4. The predicted octanol–water partition coefficient (Wildman–Crippen LogP) is 3.27. The number of aromatic carboxylic acids is 1. The van der Waals surface area contributed by atoms with Gasteiger partial charge in [-0.1, -0.05) is 17.7 Å². The van der Waals surface area contributed by atoms with Crippen molar-refractivity contribution in [2.24, 2.45) is 5.73 Å². The second kappa shape index (κ2) is 17.2. The monoisotopic (exact) mass is 481 g/mol. The van der Waals surface area contributed by atoms with Crippen LogP contribution in [0, 0.1) is 5.82 Å². The number of nitrogen functional groups attached to an aromatic ring is 1. The predicted molar refractivity (Wildman–Crippen MR) is 127 cm³/mol. The van der Waals surface area contributed by atoms with Gasteiger partial charge in [0.15, 0.2) is 0 Å². The largest absolute Gasteiger partial charge is 0.478 e. The Hall–Kier alpha value is -3.28. The van der Waals surface area contributed by atoms with E-state index in [4.69, 9.17) is 16.6 Å². The molecule has 1 unspecified atom stereocenters. The van der Waals surface area contributed by atoms with Crippen molar-refractivity contribution in [3.05, 3.63) is 53.1 Å². The molecule has 0 saturated carbocycles. The first-order chi connectivity index (χ1) is 16.2. The molecular weight excluding hydrogens is 448 g/mol. The zero-order valence-electron chi connectivity index (χ0n) is 19.8. The molecule has 6 N–H and O–H groups in total. The highest BCUT2D eigenvalue weighted by Gasteiger charge is 2.17. The van der Waals surface area contributed by atoms with Crippen molar-refractivity contribution >= 4 is 18.1 Å². The van der Waals surface area contributed by atoms with Crippen LogP contribution in [0.3, 0.4) is 0 Å². The van der Waals surface area contributed by atoms with Crippen molar-refractivity contribution in [1.82, 2.24) is 15.3 Å². The van der Waals surface area contributed by atoms with Gasteiger partial charge in [0.25, 0.3) is 0 Å². The summed E-state index contributed by atoms with van der Waals surface area (Å²) in [6.45, 7) is 5.29. The van der Waals surface area contributed by atoms with Crippen LogP contribution in [0.1, 0.15) is 48.7 Å². The Morgan fingerprint density at radius 3 is 2.47 bits per heavy atom. The number of likely N-dealkylation sites (N-methyl/N-ethyl adjacent to an activating group) is 1. The number of carboxylic acids is 1. The van der Waals surface area contributed by atoms with E-state index >= 15 is 0 Å². The van der Waals surface area contributed by atoms with E-state index in [0.717, 1.165) is 25.5 Å². The first-order valence-corrected chi connectivity index (χ1v) is 10.4. The van der Waals surface area contributed by atoms with Gasteiger partial charge >= 0.3 is 5.97 Å². The van der Waals surface area contributed by atoms with Crippen LogP contribution in [0.25, 0.3) is 11.3 Å². The lowest BCUT2D eigenvalue weighted by molar-refractivity contribution is -0.108. The number of carbonyl (C=O) groups is 2. The van der Waals surface area contributed by atoms with E-state index in [0.29, 0.717) is 37.2 Å². The number of carboxylic acid groups (broad SMARTS) is 1. The van der Waals surface area contributed by atoms with E-state index in [-0.39, 0.29) is 17.4 Å². The standard InChI is InChI=1S/C17H19FN4O3.C5H11N.CH3FO/c1-20-8-11(3-2-6-23)14-9-21-16(19)15(22-14)10-4-5-12(17(24)25)13(18)7-10;1-3-5(2)4-6;1-3-2/h4-7,9,11,20H,2-3,8H2,1H3,(H2,19,21)(H,24,25);3H,4,6H2,1-2H3;1H3/b;5-3+;. The fourth-order valence-electron chi connectivity index (χ4n) is 2.65. The molecule has 2 rings (SSSR count). The molecule has 9 nitrogen and oxygen atoms in total. The number of halogens is 2. The third-order valence-corrected chi connectivity index (χ3v) is 4.61. The Morgan fingerprint density at radius 2 is 2.03 bits per heavy atom. The topological polar surface area (TPSA) is 153 Å². The van der Waals surface area contributed by atoms with Crippen molar-refractivity contribution in [2.45, 2.75) is 32.6 Å². The normalized spacial score (nSPS) is 11.4. The van der Waals surface area contributed by atoms with E-state index in [1.54, 1.807) is 7.05 Å². The quantitative estimate of drug-likeness (QED) is 0.312. The number of hydrogen-bond donors (Lipinski definition) is 4. The summed E-state index contributed by atoms with van der Waals surface area (Å²) in [7, 11) is 2.75. The number of hydrogen-bond acceptors (Lipinski definition) is 8. The van der Waals surface area contributed by atoms with Crippen LogP contribution >= 0.6 is 0 Å². The molecule has 0 aliphatic rings. The smallest absolute Gasteiger partial charge is 0.338 e. The molecule has 0 aliphatic carbocycles. The average Bonchev–Trinajstić information content (AvgIpc) is 2.82. The summed E-state index contributed by atoms with van der Waals surface area (Å²) >= 11 is 0. The zero-order valence-corrected chi connectivity index (χ0v) is 19.8. The molecule has 1 heterocycles. The maximum atomic E-state index is 13.9. The first-order valence-electron chi connectivity index (χ1n) is 10.4. The Balaban J connectivity index is 0.00000103. The lowest BCUT2D eigenvalue weighted by Gasteiger charge is -2.16. The Labute approximate surface area is 198 Å². The zero-order chi connectivity index (χ0) is 26.1. The Morgan fingerprint density at radius 1 is 1.38 bits per heavy atom. The second-order valence-electron chi connectivity index (χ2n) is 7.02. The number of anilines is 1. The number of nitrogens with one attached hydrogen (secondary N) is 1. The van der Waals surface area contributed by atoms with Gasteiger partial charge in [-0.3, -0.25) is 0 Å². The van der Waals surface area contributed by atoms with Gasteiger partial charge in [-0.2, -0.15) is 4.94 Å². The SMILES string of the molecule is C/C=C(\C)CN.CNCC(CCC=O)c1cnc(N)c(-c2ccc(C(=O)O)c(F)c2)n1.COF. The summed E-state index contributed by atoms with van der Waals surface area (Å²) in [5.41, 5.74) is 13.1. The van der Waals surface area contributed by atoms with Crippen LogP contribution in [0.5, 0.6) is 0 Å². The van der Waals surface area contributed by atoms with Gasteiger partial charge in [0.05, 0.1) is 24.6 Å². The summed E-state index contributed by atoms with van der Waals surface area (Å²) in [5, 5.41) is 11.9. The van der Waals surface area contributed by atoms with Gasteiger partial charge in [0, 0.05) is 31.0 Å². The Kier molecular flexibility index (Phi) is 15.6. The molecule has 0 bridgehead atoms. The Bertz CT molecular complexity index is 942. The number of allylic oxidation sites excluding steroid dienone is 1. The summed E-state index contributed by atoms with van der Waals surface area (Å²) < 4.78 is 23.7. The molecule has 0 spiro atoms. The van der Waals surface area contributed by atoms with E-state index in [2.05, 4.69) is 20.2 Å². The fraction of sp³-hybridized carbons (Fsp3) is 0.391. The second-order valence-corrected chi connectivity index (χ2v) is 7.02. The molecule has 11 heteroatoms. The maximum absolute atomic E-state index is 13.9. The summed E-state index contributed by atoms with van der Waals surface area (Å²) in [6, 6.07) is 3.68. The number of rotatable bonds is 9. The minimum atomic E-state index is -1.35. The molecule has 1 aromatic carbocycles. The number of nitrogens with two attached hydrogens (primary N) is 2. The van der Waals surface area contributed by atoms with Crippen LogP contribution in [-0.2, 0) is 9.74 Å². The van der Waals surface area contributed by atoms with Crippen molar-refractivity contribution < 1.29 is 28.6 Å². The van der Waals surface area contributed by atoms with Gasteiger partial charge in [0.1, 0.15) is 23.6 Å². The fourth-order valence-corrected chi connectivity index (χ4v) is 2.65. The van der Waals surface area contributed by atoms with Crippen LogP contribution in [-0.4, -0.2) is 54.6 Å². The molecule has 188 valence electrons. The van der Waals surface area contributed by atoms with E-state index in [1.807, 2.05) is 19.9 Å². The molecule has 0 radical (unpaired) electrons. The number of carbonyl (C=O) groups excluding carboxylic acids is 1. The third-order valence-electron chi connectivity index (χ3n) is 4.61.